The number of hydrogen-bond donors (Lipinski definition) is 2. The number of benzene rings is 1. The molecule has 0 saturated carbocycles. The molecule has 0 aromatic heterocycles. The zero-order valence-corrected chi connectivity index (χ0v) is 7.70. The van der Waals surface area contributed by atoms with E-state index in [9.17, 15) is 0 Å². The fraction of sp³-hybridized carbons (Fsp3) is 0.300. The number of aryl methyl sites for hydroxylation is 1. The van der Waals surface area contributed by atoms with Crippen molar-refractivity contribution in [3.8, 4) is 11.8 Å². The van der Waals surface area contributed by atoms with E-state index in [2.05, 4.69) is 0 Å². The Morgan fingerprint density at radius 2 is 2.15 bits per heavy atom. The maximum atomic E-state index is 9.15. The van der Waals surface area contributed by atoms with Crippen LogP contribution < -0.4 is 5.73 Å². The summed E-state index contributed by atoms with van der Waals surface area (Å²) in [5.41, 5.74) is 6.33. The Morgan fingerprint density at radius 1 is 1.54 bits per heavy atom. The number of nitriles is 1. The standard InChI is InChI=1S/C10H12N2O/c1-7-5-8(13)3-4-9(7)10(2,12)6-11/h3-5,13H,12H2,1-2H3. The van der Waals surface area contributed by atoms with Gasteiger partial charge in [0.25, 0.3) is 0 Å². The first kappa shape index (κ1) is 9.56. The van der Waals surface area contributed by atoms with Crippen molar-refractivity contribution < 1.29 is 5.11 Å². The second-order valence-electron chi connectivity index (χ2n) is 3.31. The average Bonchev–Trinajstić information content (AvgIpc) is 2.03. The van der Waals surface area contributed by atoms with Crippen molar-refractivity contribution in [1.29, 1.82) is 5.26 Å². The molecule has 0 amide bonds. The molecule has 1 aromatic carbocycles. The Labute approximate surface area is 77.4 Å². The van der Waals surface area contributed by atoms with Crippen LogP contribution in [-0.4, -0.2) is 5.11 Å². The van der Waals surface area contributed by atoms with Gasteiger partial charge in [-0.25, -0.2) is 0 Å². The van der Waals surface area contributed by atoms with E-state index in [0.29, 0.717) is 0 Å². The molecule has 0 heterocycles. The molecule has 3 nitrogen and oxygen atoms in total. The molecule has 1 unspecified atom stereocenters. The highest BCUT2D eigenvalue weighted by atomic mass is 16.3. The van der Waals surface area contributed by atoms with Crippen molar-refractivity contribution in [2.75, 3.05) is 0 Å². The lowest BCUT2D eigenvalue weighted by atomic mass is 9.91. The number of hydrogen-bond acceptors (Lipinski definition) is 3. The minimum Gasteiger partial charge on any atom is -0.508 e. The summed E-state index contributed by atoms with van der Waals surface area (Å²) in [5, 5.41) is 18.0. The van der Waals surface area contributed by atoms with Gasteiger partial charge in [-0.2, -0.15) is 5.26 Å². The predicted octanol–water partition coefficient (Wildman–Crippen LogP) is 1.40. The monoisotopic (exact) mass is 176 g/mol. The molecule has 3 heteroatoms. The van der Waals surface area contributed by atoms with Crippen molar-refractivity contribution in [2.24, 2.45) is 5.73 Å². The van der Waals surface area contributed by atoms with Gasteiger partial charge in [0.1, 0.15) is 11.3 Å². The zero-order chi connectivity index (χ0) is 10.1. The fourth-order valence-corrected chi connectivity index (χ4v) is 1.29. The second kappa shape index (κ2) is 3.08. The van der Waals surface area contributed by atoms with Gasteiger partial charge in [-0.05, 0) is 37.1 Å². The molecule has 0 bridgehead atoms. The van der Waals surface area contributed by atoms with E-state index in [1.165, 1.54) is 6.07 Å². The summed E-state index contributed by atoms with van der Waals surface area (Å²) in [7, 11) is 0. The van der Waals surface area contributed by atoms with Gasteiger partial charge in [0, 0.05) is 0 Å². The van der Waals surface area contributed by atoms with Crippen LogP contribution in [0, 0.1) is 18.3 Å². The highest BCUT2D eigenvalue weighted by Gasteiger charge is 2.22. The Kier molecular flexibility index (Phi) is 2.26. The van der Waals surface area contributed by atoms with Gasteiger partial charge in [-0.1, -0.05) is 6.07 Å². The van der Waals surface area contributed by atoms with E-state index >= 15 is 0 Å². The molecule has 0 fully saturated rings. The number of phenolic OH excluding ortho intramolecular Hbond substituents is 1. The minimum absolute atomic E-state index is 0.190. The third kappa shape index (κ3) is 1.79. The van der Waals surface area contributed by atoms with Gasteiger partial charge in [0.2, 0.25) is 0 Å². The number of rotatable bonds is 1. The molecule has 1 rings (SSSR count). The quantitative estimate of drug-likeness (QED) is 0.679. The maximum absolute atomic E-state index is 9.15. The van der Waals surface area contributed by atoms with Crippen molar-refractivity contribution >= 4 is 0 Å². The van der Waals surface area contributed by atoms with E-state index in [0.717, 1.165) is 11.1 Å². The first-order valence-electron chi connectivity index (χ1n) is 3.97. The number of nitrogens with two attached hydrogens (primary N) is 1. The summed E-state index contributed by atoms with van der Waals surface area (Å²) >= 11 is 0. The van der Waals surface area contributed by atoms with E-state index < -0.39 is 5.54 Å². The van der Waals surface area contributed by atoms with E-state index in [4.69, 9.17) is 16.1 Å². The molecule has 1 aromatic rings. The predicted molar refractivity (Wildman–Crippen MR) is 50.0 cm³/mol. The van der Waals surface area contributed by atoms with Crippen molar-refractivity contribution in [3.05, 3.63) is 29.3 Å². The first-order chi connectivity index (χ1) is 5.97. The van der Waals surface area contributed by atoms with Crippen molar-refractivity contribution in [2.45, 2.75) is 19.4 Å². The van der Waals surface area contributed by atoms with Gasteiger partial charge in [0.05, 0.1) is 6.07 Å². The van der Waals surface area contributed by atoms with Crippen LogP contribution in [0.3, 0.4) is 0 Å². The average molecular weight is 176 g/mol. The molecular weight excluding hydrogens is 164 g/mol. The van der Waals surface area contributed by atoms with E-state index in [-0.39, 0.29) is 5.75 Å². The molecule has 3 N–H and O–H groups in total. The second-order valence-corrected chi connectivity index (χ2v) is 3.31. The first-order valence-corrected chi connectivity index (χ1v) is 3.97. The van der Waals surface area contributed by atoms with E-state index in [1.807, 2.05) is 13.0 Å². The number of aromatic hydroxyl groups is 1. The van der Waals surface area contributed by atoms with Gasteiger partial charge in [-0.3, -0.25) is 0 Å². The zero-order valence-electron chi connectivity index (χ0n) is 7.70. The lowest BCUT2D eigenvalue weighted by Crippen LogP contribution is -2.31. The molecule has 0 aliphatic carbocycles. The topological polar surface area (TPSA) is 70.0 Å². The van der Waals surface area contributed by atoms with Crippen LogP contribution in [0.15, 0.2) is 18.2 Å². The van der Waals surface area contributed by atoms with Gasteiger partial charge in [-0.15, -0.1) is 0 Å². The van der Waals surface area contributed by atoms with Gasteiger partial charge < -0.3 is 10.8 Å². The summed E-state index contributed by atoms with van der Waals surface area (Å²) in [6, 6.07) is 6.82. The third-order valence-electron chi connectivity index (χ3n) is 2.00. The number of phenols is 1. The van der Waals surface area contributed by atoms with Gasteiger partial charge in [0.15, 0.2) is 0 Å². The summed E-state index contributed by atoms with van der Waals surface area (Å²) in [4.78, 5) is 0. The summed E-state index contributed by atoms with van der Waals surface area (Å²) < 4.78 is 0. The van der Waals surface area contributed by atoms with Crippen LogP contribution in [0.1, 0.15) is 18.1 Å². The molecule has 68 valence electrons. The highest BCUT2D eigenvalue weighted by Crippen LogP contribution is 2.23. The van der Waals surface area contributed by atoms with Gasteiger partial charge >= 0.3 is 0 Å². The molecule has 1 atom stereocenters. The van der Waals surface area contributed by atoms with Crippen molar-refractivity contribution in [3.63, 3.8) is 0 Å². The minimum atomic E-state index is -0.988. The molecule has 0 aliphatic heterocycles. The normalized spacial score (nSPS) is 14.6. The molecule has 0 saturated heterocycles. The lowest BCUT2D eigenvalue weighted by Gasteiger charge is -2.18. The third-order valence-corrected chi connectivity index (χ3v) is 2.00. The molecule has 0 aliphatic rings. The van der Waals surface area contributed by atoms with Crippen LogP contribution in [0.25, 0.3) is 0 Å². The Morgan fingerprint density at radius 3 is 2.62 bits per heavy atom. The summed E-state index contributed by atoms with van der Waals surface area (Å²) in [5.74, 6) is 0.190. The summed E-state index contributed by atoms with van der Waals surface area (Å²) in [6.07, 6.45) is 0. The lowest BCUT2D eigenvalue weighted by molar-refractivity contribution is 0.474. The SMILES string of the molecule is Cc1cc(O)ccc1C(C)(N)C#N. The highest BCUT2D eigenvalue weighted by molar-refractivity contribution is 5.40. The molecule has 0 spiro atoms. The van der Waals surface area contributed by atoms with Crippen molar-refractivity contribution in [1.82, 2.24) is 0 Å². The fourth-order valence-electron chi connectivity index (χ4n) is 1.29. The summed E-state index contributed by atoms with van der Waals surface area (Å²) in [6.45, 7) is 3.46. The van der Waals surface area contributed by atoms with Crippen LogP contribution in [0.4, 0.5) is 0 Å². The molecule has 13 heavy (non-hydrogen) atoms. The van der Waals surface area contributed by atoms with Crippen LogP contribution in [-0.2, 0) is 5.54 Å². The largest absolute Gasteiger partial charge is 0.508 e. The molecule has 0 radical (unpaired) electrons. The van der Waals surface area contributed by atoms with Crippen LogP contribution >= 0.6 is 0 Å². The van der Waals surface area contributed by atoms with Crippen LogP contribution in [0.2, 0.25) is 0 Å². The molecular formula is C10H12N2O. The Hall–Kier alpha value is -1.53. The Bertz CT molecular complexity index is 364. The smallest absolute Gasteiger partial charge is 0.127 e. The van der Waals surface area contributed by atoms with Crippen LogP contribution in [0.5, 0.6) is 5.75 Å². The Balaban J connectivity index is 3.26. The number of nitrogens with zero attached hydrogens (tertiary/aromatic N) is 1. The van der Waals surface area contributed by atoms with E-state index in [1.54, 1.807) is 19.1 Å². The maximum Gasteiger partial charge on any atom is 0.127 e.